The van der Waals surface area contributed by atoms with Gasteiger partial charge in [-0.15, -0.1) is 0 Å². The summed E-state index contributed by atoms with van der Waals surface area (Å²) in [6, 6.07) is 26.7. The molecule has 0 heterocycles. The molecule has 2 aliphatic carbocycles. The third-order valence-electron chi connectivity index (χ3n) is 11.2. The van der Waals surface area contributed by atoms with E-state index in [0.29, 0.717) is 11.1 Å². The van der Waals surface area contributed by atoms with Crippen LogP contribution in [0.25, 0.3) is 11.1 Å². The second-order valence-electron chi connectivity index (χ2n) is 19.7. The number of alkyl halides is 6. The maximum atomic E-state index is 6.42. The number of hydrogen-bond donors (Lipinski definition) is 0. The van der Waals surface area contributed by atoms with Gasteiger partial charge in [-0.2, -0.15) is 0 Å². The molecular formula is C49H54Cl8Zr. The molecule has 9 heteroatoms. The van der Waals surface area contributed by atoms with E-state index in [0.717, 1.165) is 17.5 Å². The van der Waals surface area contributed by atoms with E-state index in [1.165, 1.54) is 51.0 Å². The fraction of sp³-hybridized carbons (Fsp3) is 0.408. The van der Waals surface area contributed by atoms with Crippen LogP contribution in [-0.4, -0.2) is 3.21 Å². The van der Waals surface area contributed by atoms with Gasteiger partial charge in [0.15, 0.2) is 0 Å². The summed E-state index contributed by atoms with van der Waals surface area (Å²) in [4.78, 5) is 0. The Kier molecular flexibility index (Phi) is 15.1. The SMILES string of the molecule is CC(C)(C)c1cc2c(cc1C(C)(C)C)[CH]([Zr+2]([C]1=CC=CC1)=[C](c1ccc(C(Cl)(Cl)Cl)cc1)c1ccc(C(Cl)(Cl)Cl)cc1)c1cc(C(C)(C)C)c(C(C)(C)C)cc1-2.[Cl-].[Cl-]. The molecule has 0 amide bonds. The molecule has 0 aromatic heterocycles. The predicted octanol–water partition coefficient (Wildman–Crippen LogP) is 10.3. The maximum absolute atomic E-state index is 6.42. The number of allylic oxidation sites excluding steroid dienone is 4. The minimum atomic E-state index is -3.15. The molecule has 0 spiro atoms. The topological polar surface area (TPSA) is 0 Å². The molecule has 0 fully saturated rings. The zero-order valence-electron chi connectivity index (χ0n) is 35.5. The van der Waals surface area contributed by atoms with Gasteiger partial charge < -0.3 is 24.8 Å². The van der Waals surface area contributed by atoms with Crippen LogP contribution < -0.4 is 24.8 Å². The van der Waals surface area contributed by atoms with Crippen LogP contribution in [0.4, 0.5) is 0 Å². The second-order valence-corrected chi connectivity index (χ2v) is 30.5. The van der Waals surface area contributed by atoms with Crippen molar-refractivity contribution in [2.45, 2.75) is 122 Å². The maximum Gasteiger partial charge on any atom is -1.00 e. The van der Waals surface area contributed by atoms with Crippen LogP contribution in [0.2, 0.25) is 0 Å². The van der Waals surface area contributed by atoms with Crippen LogP contribution >= 0.6 is 69.6 Å². The average Bonchev–Trinajstić information content (AvgIpc) is 3.70. The Balaban J connectivity index is 0.00000372. The molecule has 0 radical (unpaired) electrons. The number of rotatable bonds is 4. The number of fused-ring (bicyclic) bond motifs is 3. The van der Waals surface area contributed by atoms with Crippen molar-refractivity contribution in [2.75, 3.05) is 0 Å². The summed E-state index contributed by atoms with van der Waals surface area (Å²) in [5, 5.41) is 0. The van der Waals surface area contributed by atoms with Gasteiger partial charge in [0.2, 0.25) is 0 Å². The molecule has 0 unspecified atom stereocenters. The smallest absolute Gasteiger partial charge is 1.00 e. The van der Waals surface area contributed by atoms with E-state index in [2.05, 4.69) is 150 Å². The van der Waals surface area contributed by atoms with Crippen molar-refractivity contribution in [3.05, 3.63) is 150 Å². The predicted molar refractivity (Wildman–Crippen MR) is 245 cm³/mol. The van der Waals surface area contributed by atoms with Gasteiger partial charge in [0.1, 0.15) is 0 Å². The van der Waals surface area contributed by atoms with Gasteiger partial charge >= 0.3 is 378 Å². The van der Waals surface area contributed by atoms with Gasteiger partial charge in [-0.3, -0.25) is 0 Å². The molecule has 0 saturated carbocycles. The zero-order valence-corrected chi connectivity index (χ0v) is 44.0. The fourth-order valence-corrected chi connectivity index (χ4v) is 18.1. The van der Waals surface area contributed by atoms with Crippen LogP contribution in [-0.2, 0) is 50.5 Å². The van der Waals surface area contributed by atoms with Crippen LogP contribution in [0.3, 0.4) is 0 Å². The first kappa shape index (κ1) is 50.1. The Morgan fingerprint density at radius 2 is 0.828 bits per heavy atom. The summed E-state index contributed by atoms with van der Waals surface area (Å²) in [6.45, 7) is 28.2. The summed E-state index contributed by atoms with van der Waals surface area (Å²) >= 11 is 35.4. The molecule has 58 heavy (non-hydrogen) atoms. The van der Waals surface area contributed by atoms with Crippen molar-refractivity contribution in [1.29, 1.82) is 0 Å². The van der Waals surface area contributed by atoms with Crippen LogP contribution in [0.5, 0.6) is 0 Å². The number of halogens is 8. The van der Waals surface area contributed by atoms with Crippen molar-refractivity contribution in [2.24, 2.45) is 0 Å². The van der Waals surface area contributed by atoms with E-state index < -0.39 is 28.9 Å². The van der Waals surface area contributed by atoms with Crippen LogP contribution in [0.1, 0.15) is 149 Å². The molecule has 0 N–H and O–H groups in total. The third kappa shape index (κ3) is 10.3. The summed E-state index contributed by atoms with van der Waals surface area (Å²) < 4.78 is 0.0317. The van der Waals surface area contributed by atoms with Gasteiger partial charge in [0.05, 0.1) is 0 Å². The Bertz CT molecular complexity index is 2110. The molecule has 4 aromatic rings. The molecule has 0 saturated heterocycles. The summed E-state index contributed by atoms with van der Waals surface area (Å²) in [5.74, 6) is 0. The van der Waals surface area contributed by atoms with Crippen molar-refractivity contribution in [3.8, 4) is 11.1 Å². The van der Waals surface area contributed by atoms with Gasteiger partial charge in [0.25, 0.3) is 0 Å². The molecular weight excluding hydrogens is 963 g/mol. The molecule has 0 bridgehead atoms. The Labute approximate surface area is 398 Å². The molecule has 310 valence electrons. The molecule has 0 aliphatic heterocycles. The Morgan fingerprint density at radius 3 is 1.10 bits per heavy atom. The Hall–Kier alpha value is -0.567. The van der Waals surface area contributed by atoms with E-state index in [9.17, 15) is 0 Å². The fourth-order valence-electron chi connectivity index (χ4n) is 8.40. The third-order valence-corrected chi connectivity index (χ3v) is 20.8. The van der Waals surface area contributed by atoms with E-state index in [1.807, 2.05) is 24.3 Å². The van der Waals surface area contributed by atoms with E-state index in [1.54, 1.807) is 0 Å². The van der Waals surface area contributed by atoms with Crippen LogP contribution in [0.15, 0.2) is 94.3 Å². The number of hydrogen-bond acceptors (Lipinski definition) is 0. The van der Waals surface area contributed by atoms with Crippen molar-refractivity contribution >= 4 is 72.8 Å². The van der Waals surface area contributed by atoms with E-state index in [-0.39, 0.29) is 50.1 Å². The van der Waals surface area contributed by atoms with Gasteiger partial charge in [-0.05, 0) is 0 Å². The largest absolute Gasteiger partial charge is 1.00 e. The molecule has 2 aliphatic rings. The minimum absolute atomic E-state index is 0. The van der Waals surface area contributed by atoms with Crippen molar-refractivity contribution in [1.82, 2.24) is 0 Å². The van der Waals surface area contributed by atoms with Gasteiger partial charge in [-0.25, -0.2) is 0 Å². The number of benzene rings is 4. The average molecular weight is 1020 g/mol. The minimum Gasteiger partial charge on any atom is -1.00 e. The summed E-state index contributed by atoms with van der Waals surface area (Å²) in [5.41, 5.74) is 14.6. The standard InChI is InChI=1S/C29H41.C15H8Cl6.C5H5.2ClH.Zr/c1-26(2,3)22-14-18-13-19-15-23(27(4,5)6)25(29(10,11)12)17-21(19)20(18)16-24(22)28(7,8)9;16-14(17,18)12-5-1-10(2-6-12)9-11-3-7-13(8-4-11)15(19,20)21;1-2-4-5-3-1;;;/h13-17H,1-12H3;1-8H;1-3H,4H2;2*1H;/q;;;;;+2/p-2. The van der Waals surface area contributed by atoms with E-state index >= 15 is 0 Å². The first-order valence-electron chi connectivity index (χ1n) is 19.4. The monoisotopic (exact) mass is 1010 g/mol. The van der Waals surface area contributed by atoms with Gasteiger partial charge in [-0.1, -0.05) is 0 Å². The zero-order chi connectivity index (χ0) is 41.6. The van der Waals surface area contributed by atoms with E-state index in [4.69, 9.17) is 69.6 Å². The summed E-state index contributed by atoms with van der Waals surface area (Å²) in [6.07, 6.45) is 7.89. The molecule has 4 aromatic carbocycles. The normalized spacial score (nSPS) is 14.5. The molecule has 0 nitrogen and oxygen atoms in total. The molecule has 6 rings (SSSR count). The quantitative estimate of drug-likeness (QED) is 0.179. The van der Waals surface area contributed by atoms with Gasteiger partial charge in [0, 0.05) is 0 Å². The second kappa shape index (κ2) is 17.5. The van der Waals surface area contributed by atoms with Crippen molar-refractivity contribution in [3.63, 3.8) is 0 Å². The summed E-state index contributed by atoms with van der Waals surface area (Å²) in [7, 11) is 0. The van der Waals surface area contributed by atoms with Crippen molar-refractivity contribution < 1.29 is 46.1 Å². The molecule has 0 atom stereocenters. The Morgan fingerprint density at radius 1 is 0.500 bits per heavy atom. The van der Waals surface area contributed by atoms with Crippen LogP contribution in [0, 0.1) is 0 Å². The first-order valence-corrected chi connectivity index (χ1v) is 25.6. The first-order chi connectivity index (χ1) is 25.6.